The molecule has 234 valence electrons. The summed E-state index contributed by atoms with van der Waals surface area (Å²) in [5, 5.41) is 0. The summed E-state index contributed by atoms with van der Waals surface area (Å²) in [6.45, 7) is 6.04. The minimum absolute atomic E-state index is 0.0110. The summed E-state index contributed by atoms with van der Waals surface area (Å²) in [6, 6.07) is 33.8. The van der Waals surface area contributed by atoms with E-state index in [9.17, 15) is 9.59 Å². The fourth-order valence-corrected chi connectivity index (χ4v) is 5.94. The molecule has 0 saturated carbocycles. The Labute approximate surface area is 267 Å². The molecule has 4 aromatic rings. The highest BCUT2D eigenvalue weighted by atomic mass is 16.5. The van der Waals surface area contributed by atoms with Crippen LogP contribution in [0.25, 0.3) is 0 Å². The molecule has 0 aromatic heterocycles. The number of anilines is 2. The second-order valence-electron chi connectivity index (χ2n) is 11.9. The third-order valence-electron chi connectivity index (χ3n) is 8.26. The Morgan fingerprint density at radius 2 is 1.47 bits per heavy atom. The molecule has 7 heteroatoms. The number of hydrogen-bond donors (Lipinski definition) is 0. The van der Waals surface area contributed by atoms with Crippen molar-refractivity contribution >= 4 is 23.2 Å². The van der Waals surface area contributed by atoms with Gasteiger partial charge in [-0.25, -0.2) is 0 Å². The number of amides is 2. The van der Waals surface area contributed by atoms with Crippen molar-refractivity contribution in [1.82, 2.24) is 9.80 Å². The van der Waals surface area contributed by atoms with Crippen LogP contribution in [0, 0.1) is 6.92 Å². The minimum atomic E-state index is -0.0994. The number of hydrogen-bond acceptors (Lipinski definition) is 5. The van der Waals surface area contributed by atoms with E-state index in [4.69, 9.17) is 4.74 Å². The lowest BCUT2D eigenvalue weighted by Gasteiger charge is -2.32. The van der Waals surface area contributed by atoms with Crippen LogP contribution in [0.15, 0.2) is 103 Å². The van der Waals surface area contributed by atoms with E-state index in [0.717, 1.165) is 55.0 Å². The topological polar surface area (TPSA) is 56.3 Å². The van der Waals surface area contributed by atoms with Gasteiger partial charge >= 0.3 is 0 Å². The average molecular weight is 605 g/mol. The fourth-order valence-electron chi connectivity index (χ4n) is 5.94. The summed E-state index contributed by atoms with van der Waals surface area (Å²) in [5.41, 5.74) is 5.73. The lowest BCUT2D eigenvalue weighted by atomic mass is 10.0. The predicted molar refractivity (Wildman–Crippen MR) is 182 cm³/mol. The first kappa shape index (κ1) is 31.8. The fraction of sp³-hybridized carbons (Fsp3) is 0.316. The molecule has 4 aromatic carbocycles. The molecule has 0 radical (unpaired) electrons. The summed E-state index contributed by atoms with van der Waals surface area (Å²) in [5.74, 6) is 0.553. The molecule has 0 spiro atoms. The van der Waals surface area contributed by atoms with Crippen LogP contribution in [0.3, 0.4) is 0 Å². The third-order valence-corrected chi connectivity index (χ3v) is 8.26. The van der Waals surface area contributed by atoms with Crippen molar-refractivity contribution in [3.05, 3.63) is 125 Å². The highest BCUT2D eigenvalue weighted by molar-refractivity contribution is 5.97. The summed E-state index contributed by atoms with van der Waals surface area (Å²) in [4.78, 5) is 36.3. The molecule has 0 aliphatic carbocycles. The largest absolute Gasteiger partial charge is 0.484 e. The van der Waals surface area contributed by atoms with Crippen molar-refractivity contribution in [2.45, 2.75) is 32.9 Å². The van der Waals surface area contributed by atoms with Crippen LogP contribution >= 0.6 is 0 Å². The Bertz CT molecular complexity index is 1560. The molecule has 0 atom stereocenters. The molecule has 7 nitrogen and oxygen atoms in total. The van der Waals surface area contributed by atoms with Crippen molar-refractivity contribution in [2.75, 3.05) is 56.7 Å². The zero-order chi connectivity index (χ0) is 31.6. The predicted octanol–water partition coefficient (Wildman–Crippen LogP) is 6.41. The van der Waals surface area contributed by atoms with Gasteiger partial charge in [-0.3, -0.25) is 14.5 Å². The monoisotopic (exact) mass is 604 g/mol. The first-order chi connectivity index (χ1) is 21.9. The van der Waals surface area contributed by atoms with Crippen LogP contribution < -0.4 is 14.5 Å². The molecular formula is C38H44N4O3. The highest BCUT2D eigenvalue weighted by Crippen LogP contribution is 2.29. The van der Waals surface area contributed by atoms with Gasteiger partial charge in [0.1, 0.15) is 5.75 Å². The summed E-state index contributed by atoms with van der Waals surface area (Å²) < 4.78 is 5.93. The minimum Gasteiger partial charge on any atom is -0.484 e. The van der Waals surface area contributed by atoms with Gasteiger partial charge in [0, 0.05) is 64.6 Å². The molecule has 1 aliphatic heterocycles. The van der Waals surface area contributed by atoms with Crippen molar-refractivity contribution in [2.24, 2.45) is 0 Å². The molecule has 0 N–H and O–H groups in total. The van der Waals surface area contributed by atoms with Gasteiger partial charge in [-0.05, 0) is 66.8 Å². The molecule has 0 fully saturated rings. The van der Waals surface area contributed by atoms with Crippen molar-refractivity contribution in [1.29, 1.82) is 0 Å². The highest BCUT2D eigenvalue weighted by Gasteiger charge is 2.25. The van der Waals surface area contributed by atoms with E-state index in [1.165, 1.54) is 5.56 Å². The lowest BCUT2D eigenvalue weighted by molar-refractivity contribution is -0.120. The zero-order valence-corrected chi connectivity index (χ0v) is 26.7. The van der Waals surface area contributed by atoms with Gasteiger partial charge in [-0.15, -0.1) is 0 Å². The molecule has 1 heterocycles. The number of nitrogens with zero attached hydrogens (tertiary/aromatic N) is 4. The second-order valence-corrected chi connectivity index (χ2v) is 11.9. The van der Waals surface area contributed by atoms with Gasteiger partial charge < -0.3 is 19.4 Å². The summed E-state index contributed by atoms with van der Waals surface area (Å²) in [7, 11) is 3.96. The van der Waals surface area contributed by atoms with E-state index in [1.54, 1.807) is 0 Å². The number of ether oxygens (including phenoxy) is 1. The number of rotatable bonds is 7. The van der Waals surface area contributed by atoms with Gasteiger partial charge in [0.25, 0.3) is 11.8 Å². The van der Waals surface area contributed by atoms with Crippen molar-refractivity contribution in [3.63, 3.8) is 0 Å². The Morgan fingerprint density at radius 1 is 0.778 bits per heavy atom. The van der Waals surface area contributed by atoms with Gasteiger partial charge in [0.2, 0.25) is 0 Å². The molecule has 1 aliphatic rings. The van der Waals surface area contributed by atoms with Gasteiger partial charge in [0.15, 0.2) is 6.61 Å². The standard InChI is InChI=1S/C38H44N4O3/c1-30-14-10-18-33-28-41(38(44)32-17-11-19-34(26-32)39(2)3)24-12-22-40(27-31-15-6-4-7-16-31)23-13-25-42(37(30)33)36(43)29-45-35-20-8-5-9-21-35/h4-11,14-21,26H,12-13,22-25,27-29H2,1-3H3. The van der Waals surface area contributed by atoms with Gasteiger partial charge in [-0.2, -0.15) is 0 Å². The quantitative estimate of drug-likeness (QED) is 0.244. The number of carbonyl (C=O) groups excluding carboxylic acids is 2. The van der Waals surface area contributed by atoms with E-state index in [2.05, 4.69) is 29.2 Å². The Kier molecular flexibility index (Phi) is 10.9. The van der Waals surface area contributed by atoms with E-state index >= 15 is 0 Å². The normalized spacial score (nSPS) is 14.6. The number of para-hydroxylation sites is 2. The average Bonchev–Trinajstić information content (AvgIpc) is 3.05. The molecule has 45 heavy (non-hydrogen) atoms. The Balaban J connectivity index is 1.48. The summed E-state index contributed by atoms with van der Waals surface area (Å²) in [6.07, 6.45) is 1.66. The second kappa shape index (κ2) is 15.4. The number of benzene rings is 4. The van der Waals surface area contributed by atoms with E-state index in [0.29, 0.717) is 30.9 Å². The molecule has 0 saturated heterocycles. The molecule has 0 unspecified atom stereocenters. The molecule has 2 amide bonds. The van der Waals surface area contributed by atoms with Crippen LogP contribution in [0.5, 0.6) is 5.75 Å². The number of carbonyl (C=O) groups is 2. The molecular weight excluding hydrogens is 560 g/mol. The first-order valence-electron chi connectivity index (χ1n) is 15.8. The number of fused-ring (bicyclic) bond motifs is 1. The maximum absolute atomic E-state index is 14.1. The Hall–Kier alpha value is -4.62. The maximum Gasteiger partial charge on any atom is 0.264 e. The first-order valence-corrected chi connectivity index (χ1v) is 15.8. The van der Waals surface area contributed by atoms with E-state index in [1.807, 2.05) is 115 Å². The van der Waals surface area contributed by atoms with E-state index in [-0.39, 0.29) is 18.4 Å². The summed E-state index contributed by atoms with van der Waals surface area (Å²) >= 11 is 0. The van der Waals surface area contributed by atoms with Crippen molar-refractivity contribution in [3.8, 4) is 5.75 Å². The van der Waals surface area contributed by atoms with Crippen LogP contribution in [0.2, 0.25) is 0 Å². The van der Waals surface area contributed by atoms with Crippen LogP contribution in [-0.4, -0.2) is 68.5 Å². The van der Waals surface area contributed by atoms with Gasteiger partial charge in [-0.1, -0.05) is 72.8 Å². The molecule has 0 bridgehead atoms. The van der Waals surface area contributed by atoms with Crippen LogP contribution in [0.1, 0.15) is 39.9 Å². The smallest absolute Gasteiger partial charge is 0.264 e. The SMILES string of the molecule is Cc1cccc2c1N(C(=O)COc1ccccc1)CCCN(Cc1ccccc1)CCCN(C(=O)c1cccc(N(C)C)c1)C2. The van der Waals surface area contributed by atoms with Crippen molar-refractivity contribution < 1.29 is 14.3 Å². The van der Waals surface area contributed by atoms with Crippen LogP contribution in [0.4, 0.5) is 11.4 Å². The van der Waals surface area contributed by atoms with Crippen LogP contribution in [-0.2, 0) is 17.9 Å². The lowest BCUT2D eigenvalue weighted by Crippen LogP contribution is -2.40. The number of aryl methyl sites for hydroxylation is 1. The molecule has 5 rings (SSSR count). The zero-order valence-electron chi connectivity index (χ0n) is 26.7. The van der Waals surface area contributed by atoms with Gasteiger partial charge in [0.05, 0.1) is 5.69 Å². The third kappa shape index (κ3) is 8.52. The Morgan fingerprint density at radius 3 is 2.20 bits per heavy atom. The van der Waals surface area contributed by atoms with E-state index < -0.39 is 0 Å². The maximum atomic E-state index is 14.1.